The standard InChI is InChI=1S/C14H19ClN2O4S/c1-3-21-9(2)14(18)16-13-8-11(6-7-12(13)15)22(19,20)17-10-4-5-10/h6-10,17H,3-5H2,1-2H3,(H,16,18)/t9-/m1/s1. The normalized spacial score (nSPS) is 16.3. The third kappa shape index (κ3) is 4.42. The van der Waals surface area contributed by atoms with Gasteiger partial charge in [-0.3, -0.25) is 4.79 Å². The summed E-state index contributed by atoms with van der Waals surface area (Å²) in [5, 5.41) is 2.85. The van der Waals surface area contributed by atoms with Crippen molar-refractivity contribution in [1.29, 1.82) is 0 Å². The second-order valence-electron chi connectivity index (χ2n) is 5.12. The average molecular weight is 347 g/mol. The highest BCUT2D eigenvalue weighted by molar-refractivity contribution is 7.89. The number of carbonyl (C=O) groups excluding carboxylic acids is 1. The van der Waals surface area contributed by atoms with Crippen LogP contribution in [0.15, 0.2) is 23.1 Å². The third-order valence-corrected chi connectivity index (χ3v) is 5.04. The molecule has 0 saturated heterocycles. The molecule has 1 atom stereocenters. The van der Waals surface area contributed by atoms with Crippen LogP contribution in [0.25, 0.3) is 0 Å². The minimum atomic E-state index is -3.59. The van der Waals surface area contributed by atoms with Crippen LogP contribution in [0.5, 0.6) is 0 Å². The van der Waals surface area contributed by atoms with E-state index in [4.69, 9.17) is 16.3 Å². The first kappa shape index (κ1) is 17.2. The van der Waals surface area contributed by atoms with Gasteiger partial charge in [0.2, 0.25) is 10.0 Å². The molecule has 0 aliphatic heterocycles. The fourth-order valence-corrected chi connectivity index (χ4v) is 3.31. The molecule has 0 bridgehead atoms. The van der Waals surface area contributed by atoms with E-state index in [9.17, 15) is 13.2 Å². The molecule has 1 aliphatic carbocycles. The second kappa shape index (κ2) is 6.95. The zero-order valence-electron chi connectivity index (χ0n) is 12.4. The number of halogens is 1. The van der Waals surface area contributed by atoms with E-state index in [-0.39, 0.29) is 27.6 Å². The van der Waals surface area contributed by atoms with Crippen molar-refractivity contribution in [1.82, 2.24) is 4.72 Å². The molecule has 1 saturated carbocycles. The van der Waals surface area contributed by atoms with Gasteiger partial charge in [-0.05, 0) is 44.9 Å². The summed E-state index contributed by atoms with van der Waals surface area (Å²) in [7, 11) is -3.59. The Hall–Kier alpha value is -1.15. The Kier molecular flexibility index (Phi) is 5.44. The summed E-state index contributed by atoms with van der Waals surface area (Å²) in [6.07, 6.45) is 1.05. The number of hydrogen-bond acceptors (Lipinski definition) is 4. The predicted molar refractivity (Wildman–Crippen MR) is 84.5 cm³/mol. The van der Waals surface area contributed by atoms with Crippen LogP contribution < -0.4 is 10.0 Å². The molecule has 22 heavy (non-hydrogen) atoms. The molecule has 122 valence electrons. The highest BCUT2D eigenvalue weighted by atomic mass is 35.5. The van der Waals surface area contributed by atoms with Gasteiger partial charge < -0.3 is 10.1 Å². The first-order valence-electron chi connectivity index (χ1n) is 7.08. The van der Waals surface area contributed by atoms with Crippen LogP contribution in [0.1, 0.15) is 26.7 Å². The van der Waals surface area contributed by atoms with Gasteiger partial charge in [-0.25, -0.2) is 13.1 Å². The molecule has 1 fully saturated rings. The molecular formula is C14H19ClN2O4S. The van der Waals surface area contributed by atoms with Gasteiger partial charge in [-0.15, -0.1) is 0 Å². The lowest BCUT2D eigenvalue weighted by Gasteiger charge is -2.14. The Balaban J connectivity index is 2.17. The summed E-state index contributed by atoms with van der Waals surface area (Å²) in [5.74, 6) is -0.381. The van der Waals surface area contributed by atoms with Crippen molar-refractivity contribution in [2.45, 2.75) is 43.7 Å². The van der Waals surface area contributed by atoms with Gasteiger partial charge in [0.05, 0.1) is 15.6 Å². The van der Waals surface area contributed by atoms with Crippen molar-refractivity contribution >= 4 is 33.2 Å². The SMILES string of the molecule is CCO[C@H](C)C(=O)Nc1cc(S(=O)(=O)NC2CC2)ccc1Cl. The van der Waals surface area contributed by atoms with Crippen LogP contribution in [0.2, 0.25) is 5.02 Å². The molecule has 0 spiro atoms. The van der Waals surface area contributed by atoms with Crippen molar-refractivity contribution in [2.75, 3.05) is 11.9 Å². The van der Waals surface area contributed by atoms with Gasteiger partial charge in [-0.2, -0.15) is 0 Å². The number of anilines is 1. The number of ether oxygens (including phenoxy) is 1. The van der Waals surface area contributed by atoms with E-state index >= 15 is 0 Å². The van der Waals surface area contributed by atoms with Crippen LogP contribution in [-0.2, 0) is 19.6 Å². The molecule has 0 radical (unpaired) electrons. The average Bonchev–Trinajstić information content (AvgIpc) is 3.24. The Bertz CT molecular complexity index is 659. The Morgan fingerprint density at radius 3 is 2.73 bits per heavy atom. The second-order valence-corrected chi connectivity index (χ2v) is 7.25. The molecule has 1 aromatic carbocycles. The highest BCUT2D eigenvalue weighted by Crippen LogP contribution is 2.27. The molecular weight excluding hydrogens is 328 g/mol. The van der Waals surface area contributed by atoms with Gasteiger partial charge >= 0.3 is 0 Å². The lowest BCUT2D eigenvalue weighted by molar-refractivity contribution is -0.126. The summed E-state index contributed by atoms with van der Waals surface area (Å²) >= 11 is 6.02. The van der Waals surface area contributed by atoms with Crippen molar-refractivity contribution in [3.8, 4) is 0 Å². The number of amides is 1. The van der Waals surface area contributed by atoms with E-state index in [0.29, 0.717) is 6.61 Å². The highest BCUT2D eigenvalue weighted by Gasteiger charge is 2.28. The molecule has 8 heteroatoms. The number of sulfonamides is 1. The fourth-order valence-electron chi connectivity index (χ4n) is 1.82. The minimum absolute atomic E-state index is 0.0108. The smallest absolute Gasteiger partial charge is 0.253 e. The molecule has 6 nitrogen and oxygen atoms in total. The maximum Gasteiger partial charge on any atom is 0.253 e. The summed E-state index contributed by atoms with van der Waals surface area (Å²) in [6.45, 7) is 3.80. The minimum Gasteiger partial charge on any atom is -0.369 e. The van der Waals surface area contributed by atoms with Gasteiger partial charge in [0, 0.05) is 12.6 Å². The van der Waals surface area contributed by atoms with Crippen molar-refractivity contribution < 1.29 is 17.9 Å². The molecule has 0 unspecified atom stereocenters. The van der Waals surface area contributed by atoms with Gasteiger partial charge in [-0.1, -0.05) is 11.6 Å². The monoisotopic (exact) mass is 346 g/mol. The van der Waals surface area contributed by atoms with Gasteiger partial charge in [0.25, 0.3) is 5.91 Å². The Morgan fingerprint density at radius 1 is 1.45 bits per heavy atom. The quantitative estimate of drug-likeness (QED) is 0.792. The molecule has 2 rings (SSSR count). The molecule has 0 heterocycles. The van der Waals surface area contributed by atoms with Gasteiger partial charge in [0.1, 0.15) is 6.10 Å². The van der Waals surface area contributed by atoms with Crippen LogP contribution >= 0.6 is 11.6 Å². The van der Waals surface area contributed by atoms with E-state index in [1.165, 1.54) is 18.2 Å². The van der Waals surface area contributed by atoms with E-state index in [0.717, 1.165) is 12.8 Å². The third-order valence-electron chi connectivity index (χ3n) is 3.19. The van der Waals surface area contributed by atoms with Crippen LogP contribution in [0.4, 0.5) is 5.69 Å². The van der Waals surface area contributed by atoms with E-state index in [1.807, 2.05) is 0 Å². The molecule has 0 aromatic heterocycles. The van der Waals surface area contributed by atoms with Crippen molar-refractivity contribution in [3.63, 3.8) is 0 Å². The maximum atomic E-state index is 12.2. The maximum absolute atomic E-state index is 12.2. The van der Waals surface area contributed by atoms with Crippen LogP contribution in [0.3, 0.4) is 0 Å². The van der Waals surface area contributed by atoms with Crippen molar-refractivity contribution in [2.24, 2.45) is 0 Å². The number of nitrogens with one attached hydrogen (secondary N) is 2. The summed E-state index contributed by atoms with van der Waals surface area (Å²) in [4.78, 5) is 12.0. The fraction of sp³-hybridized carbons (Fsp3) is 0.500. The zero-order valence-corrected chi connectivity index (χ0v) is 14.0. The van der Waals surface area contributed by atoms with E-state index in [2.05, 4.69) is 10.0 Å². The first-order chi connectivity index (χ1) is 10.3. The van der Waals surface area contributed by atoms with Crippen molar-refractivity contribution in [3.05, 3.63) is 23.2 Å². The number of carbonyl (C=O) groups is 1. The van der Waals surface area contributed by atoms with Crippen LogP contribution in [0, 0.1) is 0 Å². The topological polar surface area (TPSA) is 84.5 Å². The summed E-state index contributed by atoms with van der Waals surface area (Å²) < 4.78 is 32.1. The largest absolute Gasteiger partial charge is 0.369 e. The molecule has 2 N–H and O–H groups in total. The molecule has 1 aromatic rings. The number of rotatable bonds is 7. The lowest BCUT2D eigenvalue weighted by Crippen LogP contribution is -2.28. The lowest BCUT2D eigenvalue weighted by atomic mass is 10.3. The molecule has 1 aliphatic rings. The molecule has 1 amide bonds. The first-order valence-corrected chi connectivity index (χ1v) is 8.94. The Labute approximate surface area is 135 Å². The predicted octanol–water partition coefficient (Wildman–Crippen LogP) is 2.14. The number of hydrogen-bond donors (Lipinski definition) is 2. The summed E-state index contributed by atoms with van der Waals surface area (Å²) in [6, 6.07) is 4.22. The van der Waals surface area contributed by atoms with Crippen LogP contribution in [-0.4, -0.2) is 33.1 Å². The zero-order chi connectivity index (χ0) is 16.3. The number of benzene rings is 1. The van der Waals surface area contributed by atoms with E-state index < -0.39 is 16.1 Å². The summed E-state index contributed by atoms with van der Waals surface area (Å²) in [5.41, 5.74) is 0.247. The Morgan fingerprint density at radius 2 is 2.14 bits per heavy atom. The van der Waals surface area contributed by atoms with Gasteiger partial charge in [0.15, 0.2) is 0 Å². The van der Waals surface area contributed by atoms with E-state index in [1.54, 1.807) is 13.8 Å².